The Hall–Kier alpha value is -2.26. The van der Waals surface area contributed by atoms with Crippen LogP contribution in [0.1, 0.15) is 12.5 Å². The third kappa shape index (κ3) is 3.15. The van der Waals surface area contributed by atoms with E-state index in [9.17, 15) is 19.7 Å². The minimum Gasteiger partial charge on any atom is -0.480 e. The Morgan fingerprint density at radius 2 is 2.23 bits per heavy atom. The number of carbonyl (C=O) groups excluding carboxylic acids is 1. The van der Waals surface area contributed by atoms with E-state index in [2.05, 4.69) is 0 Å². The number of hydrogen-bond donors (Lipinski definition) is 1. The maximum atomic E-state index is 12.2. The third-order valence-corrected chi connectivity index (χ3v) is 4.28. The van der Waals surface area contributed by atoms with Crippen molar-refractivity contribution in [3.05, 3.63) is 44.8 Å². The van der Waals surface area contributed by atoms with Crippen molar-refractivity contribution >= 4 is 51.9 Å². The molecule has 2 rings (SSSR count). The Morgan fingerprint density at radius 1 is 1.55 bits per heavy atom. The van der Waals surface area contributed by atoms with E-state index in [1.807, 2.05) is 0 Å². The van der Waals surface area contributed by atoms with Crippen LogP contribution in [0.3, 0.4) is 0 Å². The van der Waals surface area contributed by atoms with Gasteiger partial charge in [0.15, 0.2) is 0 Å². The van der Waals surface area contributed by atoms with Gasteiger partial charge in [-0.05, 0) is 18.6 Å². The van der Waals surface area contributed by atoms with Gasteiger partial charge in [-0.25, -0.2) is 4.79 Å². The second-order valence-corrected chi connectivity index (χ2v) is 6.09. The van der Waals surface area contributed by atoms with Gasteiger partial charge < -0.3 is 5.11 Å². The fourth-order valence-electron chi connectivity index (χ4n) is 1.80. The number of aliphatic carboxylic acids is 1. The molecule has 1 fully saturated rings. The molecule has 0 aromatic heterocycles. The van der Waals surface area contributed by atoms with Crippen LogP contribution in [-0.2, 0) is 9.59 Å². The lowest BCUT2D eigenvalue weighted by Gasteiger charge is -2.18. The molecular weight excluding hydrogens is 328 g/mol. The fourth-order valence-corrected chi connectivity index (χ4v) is 3.22. The summed E-state index contributed by atoms with van der Waals surface area (Å²) in [4.78, 5) is 34.7. The number of hydrogen-bond acceptors (Lipinski definition) is 6. The average molecular weight is 338 g/mol. The number of benzene rings is 1. The molecule has 9 heteroatoms. The largest absolute Gasteiger partial charge is 0.480 e. The van der Waals surface area contributed by atoms with Crippen molar-refractivity contribution in [1.29, 1.82) is 0 Å². The van der Waals surface area contributed by atoms with Gasteiger partial charge in [0.2, 0.25) is 0 Å². The molecule has 22 heavy (non-hydrogen) atoms. The van der Waals surface area contributed by atoms with Crippen LogP contribution >= 0.6 is 24.0 Å². The van der Waals surface area contributed by atoms with Crippen molar-refractivity contribution in [3.8, 4) is 0 Å². The number of carbonyl (C=O) groups is 2. The SMILES string of the molecule is CC(C(=O)O)N1C(=O)/C(=C\c2cccc([N+](=O)[O-])c2)SC1=S. The van der Waals surface area contributed by atoms with Gasteiger partial charge in [0.05, 0.1) is 9.83 Å². The Kier molecular flexibility index (Phi) is 4.57. The van der Waals surface area contributed by atoms with Crippen molar-refractivity contribution < 1.29 is 19.6 Å². The highest BCUT2D eigenvalue weighted by Crippen LogP contribution is 2.34. The lowest BCUT2D eigenvalue weighted by molar-refractivity contribution is -0.384. The molecule has 0 spiro atoms. The van der Waals surface area contributed by atoms with E-state index < -0.39 is 22.8 Å². The van der Waals surface area contributed by atoms with Crippen LogP contribution in [0.4, 0.5) is 5.69 Å². The number of rotatable bonds is 4. The monoisotopic (exact) mass is 338 g/mol. The van der Waals surface area contributed by atoms with E-state index in [1.54, 1.807) is 6.07 Å². The molecule has 1 aromatic carbocycles. The number of thiocarbonyl (C=S) groups is 1. The van der Waals surface area contributed by atoms with Gasteiger partial charge in [0.1, 0.15) is 10.4 Å². The van der Waals surface area contributed by atoms with Crippen LogP contribution in [0.2, 0.25) is 0 Å². The number of carboxylic acids is 1. The summed E-state index contributed by atoms with van der Waals surface area (Å²) in [6, 6.07) is 4.72. The van der Waals surface area contributed by atoms with Crippen molar-refractivity contribution in [3.63, 3.8) is 0 Å². The predicted molar refractivity (Wildman–Crippen MR) is 85.2 cm³/mol. The molecule has 1 aliphatic rings. The number of thioether (sulfide) groups is 1. The second-order valence-electron chi connectivity index (χ2n) is 4.42. The molecule has 0 radical (unpaired) electrons. The smallest absolute Gasteiger partial charge is 0.326 e. The summed E-state index contributed by atoms with van der Waals surface area (Å²) in [5.41, 5.74) is 0.376. The van der Waals surface area contributed by atoms with Crippen molar-refractivity contribution in [2.24, 2.45) is 0 Å². The van der Waals surface area contributed by atoms with E-state index in [0.717, 1.165) is 16.7 Å². The lowest BCUT2D eigenvalue weighted by Crippen LogP contribution is -2.41. The maximum absolute atomic E-state index is 12.2. The summed E-state index contributed by atoms with van der Waals surface area (Å²) in [6.45, 7) is 1.36. The van der Waals surface area contributed by atoms with Crippen LogP contribution in [0, 0.1) is 10.1 Å². The minimum atomic E-state index is -1.16. The van der Waals surface area contributed by atoms with Gasteiger partial charge in [-0.15, -0.1) is 0 Å². The molecule has 0 saturated carbocycles. The third-order valence-electron chi connectivity index (χ3n) is 2.95. The van der Waals surface area contributed by atoms with Crippen LogP contribution in [-0.4, -0.2) is 37.2 Å². The van der Waals surface area contributed by atoms with Crippen LogP contribution in [0.15, 0.2) is 29.2 Å². The van der Waals surface area contributed by atoms with Crippen LogP contribution in [0.5, 0.6) is 0 Å². The van der Waals surface area contributed by atoms with Gasteiger partial charge in [0, 0.05) is 12.1 Å². The molecule has 1 atom stereocenters. The normalized spacial score (nSPS) is 17.9. The zero-order valence-corrected chi connectivity index (χ0v) is 12.9. The predicted octanol–water partition coefficient (Wildman–Crippen LogP) is 2.27. The first-order chi connectivity index (χ1) is 10.3. The van der Waals surface area contributed by atoms with Crippen molar-refractivity contribution in [1.82, 2.24) is 4.90 Å². The van der Waals surface area contributed by atoms with Crippen LogP contribution < -0.4 is 0 Å². The molecular formula is C13H10N2O5S2. The van der Waals surface area contributed by atoms with E-state index in [4.69, 9.17) is 17.3 Å². The summed E-state index contributed by atoms with van der Waals surface area (Å²) in [6.07, 6.45) is 1.46. The molecule has 1 N–H and O–H groups in total. The number of carboxylic acid groups (broad SMARTS) is 1. The molecule has 1 aromatic rings. The second kappa shape index (κ2) is 6.24. The molecule has 1 unspecified atom stereocenters. The van der Waals surface area contributed by atoms with E-state index in [0.29, 0.717) is 5.56 Å². The Labute approximate surface area is 134 Å². The van der Waals surface area contributed by atoms with Gasteiger partial charge in [0.25, 0.3) is 11.6 Å². The van der Waals surface area contributed by atoms with E-state index in [1.165, 1.54) is 31.2 Å². The summed E-state index contributed by atoms with van der Waals surface area (Å²) in [5.74, 6) is -1.68. The summed E-state index contributed by atoms with van der Waals surface area (Å²) < 4.78 is 0.150. The highest BCUT2D eigenvalue weighted by atomic mass is 32.2. The van der Waals surface area contributed by atoms with Crippen molar-refractivity contribution in [2.75, 3.05) is 0 Å². The first-order valence-corrected chi connectivity index (χ1v) is 7.28. The Morgan fingerprint density at radius 3 is 2.82 bits per heavy atom. The summed E-state index contributed by atoms with van der Waals surface area (Å²) in [5, 5.41) is 19.7. The highest BCUT2D eigenvalue weighted by Gasteiger charge is 2.38. The Balaban J connectivity index is 2.32. The first-order valence-electron chi connectivity index (χ1n) is 6.05. The zero-order chi connectivity index (χ0) is 16.4. The fraction of sp³-hybridized carbons (Fsp3) is 0.154. The molecule has 114 valence electrons. The van der Waals surface area contributed by atoms with Gasteiger partial charge >= 0.3 is 5.97 Å². The molecule has 0 aliphatic carbocycles. The number of non-ortho nitro benzene ring substituents is 1. The molecule has 1 saturated heterocycles. The molecule has 1 amide bonds. The van der Waals surface area contributed by atoms with Gasteiger partial charge in [-0.3, -0.25) is 19.8 Å². The average Bonchev–Trinajstić information content (AvgIpc) is 2.73. The van der Waals surface area contributed by atoms with Gasteiger partial charge in [-0.1, -0.05) is 36.1 Å². The van der Waals surface area contributed by atoms with Gasteiger partial charge in [-0.2, -0.15) is 0 Å². The minimum absolute atomic E-state index is 0.0943. The standard InChI is InChI=1S/C13H10N2O5S2/c1-7(12(17)18)14-11(16)10(22-13(14)21)6-8-3-2-4-9(5-8)15(19)20/h2-7H,1H3,(H,17,18)/b10-6+. The molecule has 7 nitrogen and oxygen atoms in total. The topological polar surface area (TPSA) is 101 Å². The number of nitro benzene ring substituents is 1. The quantitative estimate of drug-likeness (QED) is 0.389. The van der Waals surface area contributed by atoms with E-state index in [-0.39, 0.29) is 14.9 Å². The van der Waals surface area contributed by atoms with Crippen LogP contribution in [0.25, 0.3) is 6.08 Å². The number of nitrogens with zero attached hydrogens (tertiary/aromatic N) is 2. The molecule has 1 heterocycles. The van der Waals surface area contributed by atoms with Crippen molar-refractivity contribution in [2.45, 2.75) is 13.0 Å². The highest BCUT2D eigenvalue weighted by molar-refractivity contribution is 8.26. The first kappa shape index (κ1) is 16.1. The Bertz CT molecular complexity index is 716. The molecule has 0 bridgehead atoms. The number of nitro groups is 1. The molecule has 1 aliphatic heterocycles. The summed E-state index contributed by atoms with van der Waals surface area (Å²) >= 11 is 6.00. The summed E-state index contributed by atoms with van der Waals surface area (Å²) in [7, 11) is 0. The lowest BCUT2D eigenvalue weighted by atomic mass is 10.2. The number of amides is 1. The zero-order valence-electron chi connectivity index (χ0n) is 11.3. The maximum Gasteiger partial charge on any atom is 0.326 e. The van der Waals surface area contributed by atoms with E-state index >= 15 is 0 Å².